The molecule has 0 aliphatic heterocycles. The molecule has 0 spiro atoms. The highest BCUT2D eigenvalue weighted by Crippen LogP contribution is 2.40. The molecule has 0 saturated heterocycles. The van der Waals surface area contributed by atoms with Gasteiger partial charge in [-0.15, -0.1) is 11.3 Å². The second-order valence-corrected chi connectivity index (χ2v) is 13.5. The summed E-state index contributed by atoms with van der Waals surface area (Å²) in [5, 5.41) is 0.920. The van der Waals surface area contributed by atoms with Crippen molar-refractivity contribution in [1.29, 1.82) is 0 Å². The maximum absolute atomic E-state index is 11.8. The van der Waals surface area contributed by atoms with E-state index in [1.807, 2.05) is 49.4 Å². The molecule has 1 heterocycles. The molecule has 4 aromatic carbocycles. The van der Waals surface area contributed by atoms with Crippen molar-refractivity contribution in [3.05, 3.63) is 97.1 Å². The number of hydrogen-bond donors (Lipinski definition) is 0. The van der Waals surface area contributed by atoms with E-state index in [2.05, 4.69) is 54.6 Å². The van der Waals surface area contributed by atoms with Gasteiger partial charge in [-0.1, -0.05) is 36.4 Å². The third kappa shape index (κ3) is 8.61. The van der Waals surface area contributed by atoms with Gasteiger partial charge in [-0.3, -0.25) is 4.79 Å². The monoisotopic (exact) mass is 676 g/mol. The summed E-state index contributed by atoms with van der Waals surface area (Å²) in [6.07, 6.45) is 0.859. The van der Waals surface area contributed by atoms with Crippen molar-refractivity contribution < 1.29 is 40.4 Å². The minimum atomic E-state index is -6.09. The lowest BCUT2D eigenvalue weighted by Crippen LogP contribution is -2.21. The Kier molecular flexibility index (Phi) is 11.2. The molecule has 0 unspecified atom stereocenters. The number of halogens is 3. The molecule has 236 valence electrons. The Morgan fingerprint density at radius 1 is 0.956 bits per heavy atom. The van der Waals surface area contributed by atoms with Crippen LogP contribution in [-0.2, 0) is 30.5 Å². The van der Waals surface area contributed by atoms with Crippen LogP contribution in [-0.4, -0.2) is 50.3 Å². The Morgan fingerprint density at radius 2 is 1.56 bits per heavy atom. The van der Waals surface area contributed by atoms with Crippen LogP contribution in [0.4, 0.5) is 18.9 Å². The quantitative estimate of drug-likeness (QED) is 0.0389. The number of carbonyl (C=O) groups excluding carboxylic acids is 1. The van der Waals surface area contributed by atoms with Gasteiger partial charge in [0.15, 0.2) is 31.6 Å². The van der Waals surface area contributed by atoms with Gasteiger partial charge in [0.1, 0.15) is 21.7 Å². The molecule has 0 aliphatic carbocycles. The first-order valence-corrected chi connectivity index (χ1v) is 16.7. The molecular weight excluding hydrogens is 650 g/mol. The van der Waals surface area contributed by atoms with Crippen LogP contribution in [0.5, 0.6) is 5.75 Å². The van der Waals surface area contributed by atoms with Crippen LogP contribution in [0.25, 0.3) is 20.8 Å². The topological polar surface area (TPSA) is 109 Å². The van der Waals surface area contributed by atoms with Gasteiger partial charge in [-0.25, -0.2) is 13.4 Å². The molecule has 1 amide bonds. The molecule has 5 rings (SSSR count). The zero-order valence-corrected chi connectivity index (χ0v) is 26.4. The lowest BCUT2D eigenvalue weighted by Gasteiger charge is -2.17. The molecule has 0 bridgehead atoms. The smallest absolute Gasteiger partial charge is 0.485 e. The Labute approximate surface area is 265 Å². The van der Waals surface area contributed by atoms with Crippen molar-refractivity contribution in [3.63, 3.8) is 0 Å². The zero-order chi connectivity index (χ0) is 32.6. The number of aromatic nitrogens is 1. The summed E-state index contributed by atoms with van der Waals surface area (Å²) in [4.78, 5) is 21.9. The van der Waals surface area contributed by atoms with Gasteiger partial charge in [-0.05, 0) is 61.5 Å². The van der Waals surface area contributed by atoms with Crippen LogP contribution in [0, 0.1) is 0 Å². The van der Waals surface area contributed by atoms with E-state index in [4.69, 9.17) is 27.4 Å². The van der Waals surface area contributed by atoms with E-state index in [1.54, 1.807) is 23.3 Å². The second kappa shape index (κ2) is 14.9. The molecule has 1 aromatic heterocycles. The average molecular weight is 677 g/mol. The molecular formula is C31H27F3N2O6S3. The van der Waals surface area contributed by atoms with Crippen molar-refractivity contribution in [2.24, 2.45) is 0 Å². The standard InChI is InChI=1S/C30H27N2O3S2.CHF3O3S/c1-3-34-21-35-23-15-16-26-28(19-23)36-30(31-26)22-14-17-27(32(2)20-33)29(18-22)37(24-10-6-4-7-11-24)25-12-8-5-9-13-25;2-1(3,4)8(5,6)7/h4-20H,3,21H2,1-2H3;(H,5,6,7)/q+1;/p-1. The summed E-state index contributed by atoms with van der Waals surface area (Å²) in [6.45, 7) is 2.78. The largest absolute Gasteiger partial charge is 0.741 e. The van der Waals surface area contributed by atoms with E-state index < -0.39 is 26.5 Å². The first kappa shape index (κ1) is 33.9. The van der Waals surface area contributed by atoms with Crippen LogP contribution < -0.4 is 9.64 Å². The lowest BCUT2D eigenvalue weighted by molar-refractivity contribution is -0.107. The molecule has 45 heavy (non-hydrogen) atoms. The predicted molar refractivity (Wildman–Crippen MR) is 167 cm³/mol. The van der Waals surface area contributed by atoms with Crippen LogP contribution in [0.1, 0.15) is 6.92 Å². The molecule has 0 aliphatic rings. The van der Waals surface area contributed by atoms with Crippen molar-refractivity contribution in [3.8, 4) is 16.3 Å². The number of benzene rings is 4. The number of ether oxygens (including phenoxy) is 2. The summed E-state index contributed by atoms with van der Waals surface area (Å²) in [7, 11) is -4.71. The van der Waals surface area contributed by atoms with Crippen molar-refractivity contribution in [1.82, 2.24) is 4.98 Å². The van der Waals surface area contributed by atoms with Gasteiger partial charge in [0.25, 0.3) is 0 Å². The molecule has 14 heteroatoms. The minimum absolute atomic E-state index is 0.226. The highest BCUT2D eigenvalue weighted by Gasteiger charge is 2.37. The van der Waals surface area contributed by atoms with E-state index in [0.29, 0.717) is 6.61 Å². The number of amides is 1. The SMILES string of the molecule is CCOCOc1ccc2nc(-c3ccc(N(C)C=O)c([S+](c4ccccc4)c4ccccc4)c3)sc2c1.O=S(=O)([O-])C(F)(F)F. The van der Waals surface area contributed by atoms with Gasteiger partial charge in [-0.2, -0.15) is 13.2 Å². The molecule has 0 radical (unpaired) electrons. The molecule has 5 aromatic rings. The molecule has 0 atom stereocenters. The van der Waals surface area contributed by atoms with E-state index in [-0.39, 0.29) is 6.79 Å². The Hall–Kier alpha value is -3.95. The van der Waals surface area contributed by atoms with Gasteiger partial charge in [0.2, 0.25) is 6.41 Å². The van der Waals surface area contributed by atoms with Gasteiger partial charge >= 0.3 is 5.51 Å². The molecule has 0 saturated carbocycles. The van der Waals surface area contributed by atoms with Gasteiger partial charge < -0.3 is 18.9 Å². The van der Waals surface area contributed by atoms with Crippen LogP contribution in [0.3, 0.4) is 0 Å². The maximum atomic E-state index is 11.8. The number of thiazole rings is 1. The predicted octanol–water partition coefficient (Wildman–Crippen LogP) is 7.08. The number of nitrogens with zero attached hydrogens (tertiary/aromatic N) is 2. The number of rotatable bonds is 10. The fourth-order valence-corrected chi connectivity index (χ4v) is 7.27. The highest BCUT2D eigenvalue weighted by molar-refractivity contribution is 7.97. The fourth-order valence-electron chi connectivity index (χ4n) is 3.97. The minimum Gasteiger partial charge on any atom is -0.741 e. The van der Waals surface area contributed by atoms with Crippen molar-refractivity contribution in [2.75, 3.05) is 25.3 Å². The van der Waals surface area contributed by atoms with Crippen molar-refractivity contribution in [2.45, 2.75) is 27.1 Å². The summed E-state index contributed by atoms with van der Waals surface area (Å²) in [5.41, 5.74) is -2.83. The fraction of sp³-hybridized carbons (Fsp3) is 0.161. The summed E-state index contributed by atoms with van der Waals surface area (Å²) in [6, 6.07) is 33.0. The summed E-state index contributed by atoms with van der Waals surface area (Å²) in [5.74, 6) is 0.759. The van der Waals surface area contributed by atoms with Gasteiger partial charge in [0, 0.05) is 25.3 Å². The van der Waals surface area contributed by atoms with Crippen LogP contribution >= 0.6 is 11.3 Å². The number of carbonyl (C=O) groups is 1. The third-order valence-electron chi connectivity index (χ3n) is 6.08. The normalized spacial score (nSPS) is 11.6. The Balaban J connectivity index is 0.000000510. The number of hydrogen-bond acceptors (Lipinski definition) is 8. The number of alkyl halides is 3. The first-order chi connectivity index (χ1) is 21.4. The highest BCUT2D eigenvalue weighted by atomic mass is 32.2. The lowest BCUT2D eigenvalue weighted by atomic mass is 10.2. The van der Waals surface area contributed by atoms with Crippen molar-refractivity contribution >= 4 is 54.7 Å². The molecule has 8 nitrogen and oxygen atoms in total. The van der Waals surface area contributed by atoms with Crippen LogP contribution in [0.2, 0.25) is 0 Å². The van der Waals surface area contributed by atoms with E-state index in [1.165, 1.54) is 9.79 Å². The third-order valence-corrected chi connectivity index (χ3v) is 9.97. The Morgan fingerprint density at radius 3 is 2.09 bits per heavy atom. The average Bonchev–Trinajstić information content (AvgIpc) is 3.45. The number of fused-ring (bicyclic) bond motifs is 1. The van der Waals surface area contributed by atoms with Crippen LogP contribution in [0.15, 0.2) is 112 Å². The molecule has 0 fully saturated rings. The summed E-state index contributed by atoms with van der Waals surface area (Å²) < 4.78 is 71.0. The zero-order valence-electron chi connectivity index (χ0n) is 23.9. The molecule has 0 N–H and O–H groups in total. The second-order valence-electron chi connectivity index (χ2n) is 9.13. The van der Waals surface area contributed by atoms with E-state index >= 15 is 0 Å². The number of anilines is 1. The summed E-state index contributed by atoms with van der Waals surface area (Å²) >= 11 is 1.62. The first-order valence-electron chi connectivity index (χ1n) is 13.2. The maximum Gasteiger partial charge on any atom is 0.485 e. The van der Waals surface area contributed by atoms with E-state index in [0.717, 1.165) is 43.5 Å². The van der Waals surface area contributed by atoms with Gasteiger partial charge in [0.05, 0.1) is 15.9 Å². The van der Waals surface area contributed by atoms with E-state index in [9.17, 15) is 18.0 Å². The Bertz CT molecular complexity index is 1800.